The molecule has 8 heteroatoms. The van der Waals surface area contributed by atoms with Crippen LogP contribution in [0.5, 0.6) is 5.75 Å². The van der Waals surface area contributed by atoms with E-state index in [1.54, 1.807) is 18.2 Å². The molecule has 4 rings (SSSR count). The smallest absolute Gasteiger partial charge is 0.412 e. The highest BCUT2D eigenvalue weighted by Gasteiger charge is 2.60. The number of halogens is 3. The molecule has 1 unspecified atom stereocenters. The number of nitrogens with zero attached hydrogens (tertiary/aromatic N) is 1. The van der Waals surface area contributed by atoms with Crippen molar-refractivity contribution in [2.75, 3.05) is 6.61 Å². The van der Waals surface area contributed by atoms with E-state index in [0.29, 0.717) is 24.2 Å². The van der Waals surface area contributed by atoms with Gasteiger partial charge in [0.15, 0.2) is 6.04 Å². The average Bonchev–Trinajstić information content (AvgIpc) is 3.35. The summed E-state index contributed by atoms with van der Waals surface area (Å²) >= 11 is 0. The highest BCUT2D eigenvalue weighted by molar-refractivity contribution is 5.88. The van der Waals surface area contributed by atoms with Gasteiger partial charge in [-0.3, -0.25) is 4.79 Å². The standard InChI is InChI=1S/C20H19F3N2O3/c1-12-9-14-10-15(4-5-16(14)28-12)27-11-13-3-2-8-25(17(13)20(21,22)23)19(6-7-19)18(24)26/h2-5,8-10,17H,6-7,11H2,1H3,(H2,24,26). The van der Waals surface area contributed by atoms with E-state index in [1.165, 1.54) is 18.4 Å². The van der Waals surface area contributed by atoms with Gasteiger partial charge in [0.05, 0.1) is 0 Å². The third kappa shape index (κ3) is 3.12. The molecule has 148 valence electrons. The van der Waals surface area contributed by atoms with Crippen LogP contribution in [-0.4, -0.2) is 35.2 Å². The van der Waals surface area contributed by atoms with Crippen LogP contribution in [0.2, 0.25) is 0 Å². The van der Waals surface area contributed by atoms with Crippen molar-refractivity contribution in [2.24, 2.45) is 5.73 Å². The lowest BCUT2D eigenvalue weighted by Crippen LogP contribution is -2.56. The van der Waals surface area contributed by atoms with Gasteiger partial charge in [-0.15, -0.1) is 0 Å². The quantitative estimate of drug-likeness (QED) is 0.840. The van der Waals surface area contributed by atoms with Crippen LogP contribution in [0, 0.1) is 6.92 Å². The van der Waals surface area contributed by atoms with Crippen molar-refractivity contribution >= 4 is 16.9 Å². The number of alkyl halides is 3. The Morgan fingerprint density at radius 1 is 1.36 bits per heavy atom. The van der Waals surface area contributed by atoms with Crippen molar-refractivity contribution in [2.45, 2.75) is 37.5 Å². The molecule has 1 atom stereocenters. The molecule has 1 aromatic carbocycles. The van der Waals surface area contributed by atoms with E-state index < -0.39 is 23.7 Å². The Hall–Kier alpha value is -2.90. The second-order valence-corrected chi connectivity index (χ2v) is 7.18. The van der Waals surface area contributed by atoms with Gasteiger partial charge < -0.3 is 19.8 Å². The second kappa shape index (κ2) is 6.32. The molecule has 2 heterocycles. The van der Waals surface area contributed by atoms with Crippen LogP contribution in [0.25, 0.3) is 11.0 Å². The fraction of sp³-hybridized carbons (Fsp3) is 0.350. The number of allylic oxidation sites excluding steroid dienone is 2. The summed E-state index contributed by atoms with van der Waals surface area (Å²) in [7, 11) is 0. The first-order chi connectivity index (χ1) is 13.2. The summed E-state index contributed by atoms with van der Waals surface area (Å²) in [5.74, 6) is 0.433. The molecule has 2 N–H and O–H groups in total. The molecule has 2 aromatic rings. The maximum absolute atomic E-state index is 13.9. The second-order valence-electron chi connectivity index (χ2n) is 7.18. The van der Waals surface area contributed by atoms with Crippen LogP contribution in [0.3, 0.4) is 0 Å². The van der Waals surface area contributed by atoms with Crippen molar-refractivity contribution in [1.29, 1.82) is 0 Å². The number of aryl methyl sites for hydroxylation is 1. The van der Waals surface area contributed by atoms with Crippen LogP contribution in [-0.2, 0) is 4.79 Å². The fourth-order valence-electron chi connectivity index (χ4n) is 3.66. The number of carbonyl (C=O) groups is 1. The highest BCUT2D eigenvalue weighted by Crippen LogP contribution is 2.48. The molecule has 0 bridgehead atoms. The van der Waals surface area contributed by atoms with E-state index in [-0.39, 0.29) is 12.2 Å². The van der Waals surface area contributed by atoms with E-state index in [1.807, 2.05) is 13.0 Å². The molecule has 1 aromatic heterocycles. The number of hydrogen-bond acceptors (Lipinski definition) is 4. The van der Waals surface area contributed by atoms with Gasteiger partial charge in [0, 0.05) is 11.6 Å². The minimum atomic E-state index is -4.57. The molecule has 0 saturated heterocycles. The van der Waals surface area contributed by atoms with Gasteiger partial charge in [-0.05, 0) is 55.7 Å². The number of carbonyl (C=O) groups excluding carboxylic acids is 1. The first-order valence-corrected chi connectivity index (χ1v) is 8.86. The Labute approximate surface area is 159 Å². The normalized spacial score (nSPS) is 20.9. The maximum Gasteiger partial charge on any atom is 0.412 e. The van der Waals surface area contributed by atoms with Crippen molar-refractivity contribution in [3.63, 3.8) is 0 Å². The number of nitrogens with two attached hydrogens (primary N) is 1. The molecule has 1 saturated carbocycles. The fourth-order valence-corrected chi connectivity index (χ4v) is 3.66. The topological polar surface area (TPSA) is 68.7 Å². The molecule has 1 fully saturated rings. The SMILES string of the molecule is Cc1cc2cc(OCC3=CC=CN(C4(C(N)=O)CC4)C3C(F)(F)F)ccc2o1. The van der Waals surface area contributed by atoms with E-state index in [2.05, 4.69) is 0 Å². The van der Waals surface area contributed by atoms with Crippen LogP contribution in [0.1, 0.15) is 18.6 Å². The zero-order valence-electron chi connectivity index (χ0n) is 15.1. The number of furan rings is 1. The number of rotatable bonds is 5. The van der Waals surface area contributed by atoms with Crippen molar-refractivity contribution < 1.29 is 27.1 Å². The lowest BCUT2D eigenvalue weighted by Gasteiger charge is -2.40. The molecule has 2 aliphatic rings. The zero-order valence-corrected chi connectivity index (χ0v) is 15.1. The van der Waals surface area contributed by atoms with Crippen molar-refractivity contribution in [3.05, 3.63) is 54.0 Å². The average molecular weight is 392 g/mol. The molecular formula is C20H19F3N2O3. The van der Waals surface area contributed by atoms with Crippen LogP contribution >= 0.6 is 0 Å². The van der Waals surface area contributed by atoms with Gasteiger partial charge >= 0.3 is 6.18 Å². The number of benzene rings is 1. The van der Waals surface area contributed by atoms with Crippen molar-refractivity contribution in [1.82, 2.24) is 4.90 Å². The molecule has 5 nitrogen and oxygen atoms in total. The summed E-state index contributed by atoms with van der Waals surface area (Å²) in [5, 5.41) is 0.812. The number of hydrogen-bond donors (Lipinski definition) is 1. The van der Waals surface area contributed by atoms with Gasteiger partial charge in [-0.1, -0.05) is 6.08 Å². The summed E-state index contributed by atoms with van der Waals surface area (Å²) in [6.45, 7) is 1.55. The monoisotopic (exact) mass is 392 g/mol. The van der Waals surface area contributed by atoms with Crippen LogP contribution in [0.15, 0.2) is 52.6 Å². The van der Waals surface area contributed by atoms with Gasteiger partial charge in [0.25, 0.3) is 0 Å². The van der Waals surface area contributed by atoms with E-state index in [9.17, 15) is 18.0 Å². The van der Waals surface area contributed by atoms with Crippen molar-refractivity contribution in [3.8, 4) is 5.75 Å². The Morgan fingerprint density at radius 3 is 2.75 bits per heavy atom. The zero-order chi connectivity index (χ0) is 20.1. The summed E-state index contributed by atoms with van der Waals surface area (Å²) in [6, 6.07) is 4.96. The largest absolute Gasteiger partial charge is 0.489 e. The summed E-state index contributed by atoms with van der Waals surface area (Å²) < 4.78 is 52.7. The Bertz CT molecular complexity index is 986. The third-order valence-electron chi connectivity index (χ3n) is 5.19. The predicted molar refractivity (Wildman–Crippen MR) is 96.5 cm³/mol. The van der Waals surface area contributed by atoms with Gasteiger partial charge in [0.1, 0.15) is 29.2 Å². The molecule has 0 spiro atoms. The first-order valence-electron chi connectivity index (χ1n) is 8.86. The number of primary amides is 1. The lowest BCUT2D eigenvalue weighted by atomic mass is 9.99. The lowest BCUT2D eigenvalue weighted by molar-refractivity contribution is -0.176. The minimum absolute atomic E-state index is 0.0194. The van der Waals surface area contributed by atoms with Gasteiger partial charge in [0.2, 0.25) is 5.91 Å². The molecular weight excluding hydrogens is 373 g/mol. The summed E-state index contributed by atoms with van der Waals surface area (Å²) in [6.07, 6.45) is 0.211. The minimum Gasteiger partial charge on any atom is -0.489 e. The van der Waals surface area contributed by atoms with Crippen LogP contribution in [0.4, 0.5) is 13.2 Å². The van der Waals surface area contributed by atoms with Gasteiger partial charge in [-0.2, -0.15) is 13.2 Å². The molecule has 0 radical (unpaired) electrons. The molecule has 1 aliphatic heterocycles. The van der Waals surface area contributed by atoms with Crippen LogP contribution < -0.4 is 10.5 Å². The van der Waals surface area contributed by atoms with Gasteiger partial charge in [-0.25, -0.2) is 0 Å². The third-order valence-corrected chi connectivity index (χ3v) is 5.19. The summed E-state index contributed by atoms with van der Waals surface area (Å²) in [4.78, 5) is 12.8. The first kappa shape index (κ1) is 18.5. The van der Waals surface area contributed by atoms with E-state index >= 15 is 0 Å². The number of fused-ring (bicyclic) bond motifs is 1. The van der Waals surface area contributed by atoms with E-state index in [0.717, 1.165) is 16.0 Å². The highest BCUT2D eigenvalue weighted by atomic mass is 19.4. The summed E-state index contributed by atoms with van der Waals surface area (Å²) in [5.41, 5.74) is 4.82. The van der Waals surface area contributed by atoms with E-state index in [4.69, 9.17) is 14.9 Å². The molecule has 1 aliphatic carbocycles. The molecule has 28 heavy (non-hydrogen) atoms. The predicted octanol–water partition coefficient (Wildman–Crippen LogP) is 3.82. The maximum atomic E-state index is 13.9. The Kier molecular flexibility index (Phi) is 4.17. The Balaban J connectivity index is 1.57. The molecule has 1 amide bonds. The number of amides is 1. The number of ether oxygens (including phenoxy) is 1. The Morgan fingerprint density at radius 2 is 2.11 bits per heavy atom.